The first-order valence-electron chi connectivity index (χ1n) is 11.1. The Morgan fingerprint density at radius 1 is 1.11 bits per heavy atom. The zero-order valence-electron chi connectivity index (χ0n) is 19.7. The molecule has 8 nitrogen and oxygen atoms in total. The van der Waals surface area contributed by atoms with Gasteiger partial charge in [-0.3, -0.25) is 10.1 Å². The normalized spacial score (nSPS) is 11.3. The number of nitriles is 1. The molecule has 1 heterocycles. The smallest absolute Gasteiger partial charge is 0.276 e. The summed E-state index contributed by atoms with van der Waals surface area (Å²) in [6.07, 6.45) is 1.73. The number of ether oxygens (including phenoxy) is 2. The Balaban J connectivity index is 1.62. The van der Waals surface area contributed by atoms with E-state index in [1.54, 1.807) is 42.5 Å². The molecule has 0 amide bonds. The number of aryl methyl sites for hydroxylation is 2. The van der Waals surface area contributed by atoms with Gasteiger partial charge in [0.05, 0.1) is 33.7 Å². The van der Waals surface area contributed by atoms with E-state index in [-0.39, 0.29) is 12.3 Å². The number of nitrogens with zero attached hydrogens (tertiary/aromatic N) is 3. The molecule has 4 rings (SSSR count). The first kappa shape index (κ1) is 23.5. The predicted molar refractivity (Wildman–Crippen MR) is 134 cm³/mol. The van der Waals surface area contributed by atoms with Gasteiger partial charge < -0.3 is 14.5 Å². The molecule has 35 heavy (non-hydrogen) atoms. The predicted octanol–water partition coefficient (Wildman–Crippen LogP) is 6.13. The number of aromatic nitrogens is 2. The minimum absolute atomic E-state index is 0.0000948. The second kappa shape index (κ2) is 10.1. The van der Waals surface area contributed by atoms with Crippen molar-refractivity contribution in [3.63, 3.8) is 0 Å². The highest BCUT2D eigenvalue weighted by molar-refractivity contribution is 5.90. The monoisotopic (exact) mass is 468 g/mol. The van der Waals surface area contributed by atoms with Gasteiger partial charge in [0.15, 0.2) is 11.5 Å². The molecule has 0 saturated heterocycles. The van der Waals surface area contributed by atoms with Crippen molar-refractivity contribution in [3.8, 4) is 17.6 Å². The summed E-state index contributed by atoms with van der Waals surface area (Å²) in [4.78, 5) is 18.7. The third-order valence-corrected chi connectivity index (χ3v) is 5.62. The molecule has 0 aliphatic rings. The molecule has 4 aromatic rings. The fourth-order valence-electron chi connectivity index (χ4n) is 3.69. The lowest BCUT2D eigenvalue weighted by molar-refractivity contribution is -0.385. The molecule has 1 N–H and O–H groups in total. The number of hydrogen-bond acceptors (Lipinski definition) is 6. The number of H-pyrrole nitrogens is 1. The van der Waals surface area contributed by atoms with Gasteiger partial charge in [0, 0.05) is 6.07 Å². The zero-order chi connectivity index (χ0) is 24.9. The van der Waals surface area contributed by atoms with Crippen LogP contribution in [0.2, 0.25) is 0 Å². The van der Waals surface area contributed by atoms with E-state index in [4.69, 9.17) is 9.47 Å². The summed E-state index contributed by atoms with van der Waals surface area (Å²) in [7, 11) is 0. The maximum absolute atomic E-state index is 11.3. The molecule has 0 spiro atoms. The van der Waals surface area contributed by atoms with E-state index in [1.165, 1.54) is 6.07 Å². The number of rotatable bonds is 8. The van der Waals surface area contributed by atoms with Gasteiger partial charge >= 0.3 is 0 Å². The number of imidazole rings is 1. The summed E-state index contributed by atoms with van der Waals surface area (Å²) in [6, 6.07) is 18.0. The Hall–Kier alpha value is -4.64. The van der Waals surface area contributed by atoms with E-state index in [0.29, 0.717) is 35.1 Å². The number of para-hydroxylation sites is 1. The Kier molecular flexibility index (Phi) is 6.78. The van der Waals surface area contributed by atoms with E-state index in [9.17, 15) is 15.4 Å². The van der Waals surface area contributed by atoms with Crippen LogP contribution in [0.15, 0.2) is 54.6 Å². The van der Waals surface area contributed by atoms with E-state index < -0.39 is 4.92 Å². The molecule has 3 aromatic carbocycles. The summed E-state index contributed by atoms with van der Waals surface area (Å²) in [6.45, 7) is 6.34. The van der Waals surface area contributed by atoms with Gasteiger partial charge in [-0.2, -0.15) is 5.26 Å². The molecule has 0 aliphatic carbocycles. The molecular weight excluding hydrogens is 444 g/mol. The molecule has 0 saturated carbocycles. The maximum atomic E-state index is 11.3. The molecule has 0 atom stereocenters. The lowest BCUT2D eigenvalue weighted by Gasteiger charge is -2.13. The van der Waals surface area contributed by atoms with Crippen molar-refractivity contribution in [1.29, 1.82) is 5.26 Å². The molecule has 0 fully saturated rings. The fourth-order valence-corrected chi connectivity index (χ4v) is 3.69. The Morgan fingerprint density at radius 3 is 2.63 bits per heavy atom. The van der Waals surface area contributed by atoms with E-state index in [2.05, 4.69) is 16.0 Å². The fraction of sp³-hybridized carbons (Fsp3) is 0.185. The van der Waals surface area contributed by atoms with Gasteiger partial charge in [-0.05, 0) is 73.9 Å². The second-order valence-corrected chi connectivity index (χ2v) is 8.02. The van der Waals surface area contributed by atoms with Gasteiger partial charge in [-0.15, -0.1) is 0 Å². The molecule has 0 unspecified atom stereocenters. The van der Waals surface area contributed by atoms with Crippen molar-refractivity contribution in [2.24, 2.45) is 0 Å². The molecule has 0 bridgehead atoms. The van der Waals surface area contributed by atoms with Crippen LogP contribution in [-0.4, -0.2) is 21.5 Å². The van der Waals surface area contributed by atoms with Gasteiger partial charge in [-0.25, -0.2) is 4.98 Å². The van der Waals surface area contributed by atoms with Gasteiger partial charge in [0.1, 0.15) is 18.5 Å². The Morgan fingerprint density at radius 2 is 1.89 bits per heavy atom. The first-order chi connectivity index (χ1) is 16.9. The van der Waals surface area contributed by atoms with Crippen molar-refractivity contribution in [3.05, 3.63) is 92.8 Å². The topological polar surface area (TPSA) is 114 Å². The molecule has 1 aromatic heterocycles. The number of benzene rings is 3. The largest absolute Gasteiger partial charge is 0.490 e. The third-order valence-electron chi connectivity index (χ3n) is 5.62. The highest BCUT2D eigenvalue weighted by atomic mass is 16.6. The molecule has 176 valence electrons. The summed E-state index contributed by atoms with van der Waals surface area (Å²) < 4.78 is 11.6. The number of allylic oxidation sites excluding steroid dienone is 1. The molecule has 8 heteroatoms. The standard InChI is InChI=1S/C27H24N4O4/c1-4-34-26-14-19(9-10-25(26)35-16-20-7-5-6-8-24(20)31(32)33)13-21(15-28)27-29-22-11-17(2)18(3)12-23(22)30-27/h5-14H,4,16H2,1-3H3,(H,29,30)/b21-13+. The van der Waals surface area contributed by atoms with Crippen LogP contribution in [0.5, 0.6) is 11.5 Å². The number of nitro groups is 1. The number of nitro benzene ring substituents is 1. The van der Waals surface area contributed by atoms with Crippen molar-refractivity contribution in [1.82, 2.24) is 9.97 Å². The first-order valence-corrected chi connectivity index (χ1v) is 11.1. The van der Waals surface area contributed by atoms with Gasteiger partial charge in [0.2, 0.25) is 0 Å². The van der Waals surface area contributed by atoms with Crippen LogP contribution >= 0.6 is 0 Å². The average Bonchev–Trinajstić information content (AvgIpc) is 3.24. The van der Waals surface area contributed by atoms with E-state index in [0.717, 1.165) is 27.7 Å². The summed E-state index contributed by atoms with van der Waals surface area (Å²) >= 11 is 0. The number of fused-ring (bicyclic) bond motifs is 1. The quantitative estimate of drug-likeness (QED) is 0.189. The number of aromatic amines is 1. The van der Waals surface area contributed by atoms with Crippen molar-refractivity contribution in [2.75, 3.05) is 6.61 Å². The van der Waals surface area contributed by atoms with Crippen LogP contribution < -0.4 is 9.47 Å². The average molecular weight is 469 g/mol. The van der Waals surface area contributed by atoms with E-state index >= 15 is 0 Å². The number of nitrogens with one attached hydrogen (secondary N) is 1. The SMILES string of the molecule is CCOc1cc(/C=C(\C#N)c2nc3cc(C)c(C)cc3[nH]2)ccc1OCc1ccccc1[N+](=O)[O-]. The third kappa shape index (κ3) is 5.14. The van der Waals surface area contributed by atoms with Crippen LogP contribution in [0.3, 0.4) is 0 Å². The summed E-state index contributed by atoms with van der Waals surface area (Å²) in [5, 5.41) is 21.1. The van der Waals surface area contributed by atoms with Gasteiger partial charge in [0.25, 0.3) is 5.69 Å². The maximum Gasteiger partial charge on any atom is 0.276 e. The Labute approximate surface area is 202 Å². The van der Waals surface area contributed by atoms with Crippen molar-refractivity contribution < 1.29 is 14.4 Å². The zero-order valence-corrected chi connectivity index (χ0v) is 19.7. The van der Waals surface area contributed by atoms with Crippen LogP contribution in [-0.2, 0) is 6.61 Å². The van der Waals surface area contributed by atoms with Crippen LogP contribution in [0.1, 0.15) is 35.0 Å². The highest BCUT2D eigenvalue weighted by Gasteiger charge is 2.15. The highest BCUT2D eigenvalue weighted by Crippen LogP contribution is 2.32. The minimum Gasteiger partial charge on any atom is -0.490 e. The van der Waals surface area contributed by atoms with Gasteiger partial charge in [-0.1, -0.05) is 18.2 Å². The lowest BCUT2D eigenvalue weighted by atomic mass is 10.1. The van der Waals surface area contributed by atoms with Crippen molar-refractivity contribution in [2.45, 2.75) is 27.4 Å². The molecular formula is C27H24N4O4. The lowest BCUT2D eigenvalue weighted by Crippen LogP contribution is -2.02. The van der Waals surface area contributed by atoms with Crippen LogP contribution in [0.25, 0.3) is 22.7 Å². The second-order valence-electron chi connectivity index (χ2n) is 8.02. The summed E-state index contributed by atoms with van der Waals surface area (Å²) in [5.74, 6) is 1.42. The van der Waals surface area contributed by atoms with E-state index in [1.807, 2.05) is 32.9 Å². The van der Waals surface area contributed by atoms with Crippen LogP contribution in [0.4, 0.5) is 5.69 Å². The minimum atomic E-state index is -0.430. The van der Waals surface area contributed by atoms with Crippen LogP contribution in [0, 0.1) is 35.3 Å². The summed E-state index contributed by atoms with van der Waals surface area (Å²) in [5.41, 5.74) is 5.54. The molecule has 0 aliphatic heterocycles. The number of hydrogen-bond donors (Lipinski definition) is 1. The molecule has 0 radical (unpaired) electrons. The Bertz CT molecular complexity index is 1440. The van der Waals surface area contributed by atoms with Crippen molar-refractivity contribution >= 4 is 28.4 Å².